The van der Waals surface area contributed by atoms with E-state index in [4.69, 9.17) is 13.9 Å². The fourth-order valence-corrected chi connectivity index (χ4v) is 3.42. The molecule has 1 aliphatic heterocycles. The number of hydrogen-bond donors (Lipinski definition) is 7. The molecule has 0 saturated carbocycles. The van der Waals surface area contributed by atoms with E-state index in [-0.39, 0.29) is 33.8 Å². The molecule has 3 unspecified atom stereocenters. The van der Waals surface area contributed by atoms with Crippen LogP contribution in [0.5, 0.6) is 23.0 Å². The maximum absolute atomic E-state index is 12.4. The summed E-state index contributed by atoms with van der Waals surface area (Å²) >= 11 is 0. The standard InChI is InChI=1S/C21H20O11/c22-7-14-16(26)17(27)19(29)21(32-14)31-12-4-1-8(5-11(12)24)20-18(28)15(25)10-3-2-9(23)6-13(10)30-20/h1-6,14,16-17,19,21-24,26-29H,7H2/t14?,16-,17?,19?,21-/m1/s1. The van der Waals surface area contributed by atoms with Crippen molar-refractivity contribution >= 4 is 11.0 Å². The van der Waals surface area contributed by atoms with E-state index in [1.165, 1.54) is 30.3 Å². The lowest BCUT2D eigenvalue weighted by Crippen LogP contribution is -2.60. The van der Waals surface area contributed by atoms with Crippen molar-refractivity contribution in [2.24, 2.45) is 0 Å². The van der Waals surface area contributed by atoms with Crippen molar-refractivity contribution in [3.05, 3.63) is 46.6 Å². The van der Waals surface area contributed by atoms with Gasteiger partial charge < -0.3 is 49.6 Å². The van der Waals surface area contributed by atoms with Crippen molar-refractivity contribution in [3.8, 4) is 34.3 Å². The molecule has 1 aliphatic rings. The van der Waals surface area contributed by atoms with Gasteiger partial charge in [-0.3, -0.25) is 4.79 Å². The van der Waals surface area contributed by atoms with Crippen LogP contribution in [0, 0.1) is 0 Å². The highest BCUT2D eigenvalue weighted by Crippen LogP contribution is 2.37. The molecule has 5 atom stereocenters. The van der Waals surface area contributed by atoms with Crippen LogP contribution in [-0.2, 0) is 4.74 Å². The first kappa shape index (κ1) is 21.9. The van der Waals surface area contributed by atoms with Crippen LogP contribution in [0.25, 0.3) is 22.3 Å². The smallest absolute Gasteiger partial charge is 0.235 e. The van der Waals surface area contributed by atoms with E-state index in [1.54, 1.807) is 0 Å². The molecular formula is C21H20O11. The van der Waals surface area contributed by atoms with Crippen molar-refractivity contribution in [2.45, 2.75) is 30.7 Å². The molecule has 0 radical (unpaired) electrons. The molecule has 0 bridgehead atoms. The molecule has 1 fully saturated rings. The minimum absolute atomic E-state index is 0.0175. The maximum Gasteiger partial charge on any atom is 0.235 e. The number of rotatable bonds is 4. The zero-order valence-electron chi connectivity index (χ0n) is 16.3. The monoisotopic (exact) mass is 448 g/mol. The summed E-state index contributed by atoms with van der Waals surface area (Å²) in [6.07, 6.45) is -7.61. The Balaban J connectivity index is 1.66. The summed E-state index contributed by atoms with van der Waals surface area (Å²) in [6, 6.07) is 7.47. The molecule has 2 heterocycles. The second-order valence-corrected chi connectivity index (χ2v) is 7.29. The van der Waals surface area contributed by atoms with Crippen molar-refractivity contribution < 1.29 is 49.6 Å². The average Bonchev–Trinajstić information content (AvgIpc) is 2.77. The Hall–Kier alpha value is -3.35. The third-order valence-electron chi connectivity index (χ3n) is 5.16. The largest absolute Gasteiger partial charge is 0.508 e. The van der Waals surface area contributed by atoms with Gasteiger partial charge in [-0.25, -0.2) is 0 Å². The van der Waals surface area contributed by atoms with Crippen LogP contribution in [0.3, 0.4) is 0 Å². The lowest BCUT2D eigenvalue weighted by Gasteiger charge is -2.39. The fourth-order valence-electron chi connectivity index (χ4n) is 3.42. The number of hydrogen-bond acceptors (Lipinski definition) is 11. The summed E-state index contributed by atoms with van der Waals surface area (Å²) in [6.45, 7) is -0.647. The highest BCUT2D eigenvalue weighted by molar-refractivity contribution is 5.83. The molecule has 3 aromatic rings. The SMILES string of the molecule is O=c1c(O)c(-c2ccc(O[C@@H]3OC(CO)[C@@H](O)C(O)C3O)c(O)c2)oc2cc(O)ccc12. The Morgan fingerprint density at radius 3 is 2.38 bits per heavy atom. The fraction of sp³-hybridized carbons (Fsp3) is 0.286. The lowest BCUT2D eigenvalue weighted by atomic mass is 9.99. The van der Waals surface area contributed by atoms with Crippen LogP contribution in [-0.4, -0.2) is 73.1 Å². The summed E-state index contributed by atoms with van der Waals surface area (Å²) < 4.78 is 16.2. The zero-order valence-corrected chi connectivity index (χ0v) is 16.3. The van der Waals surface area contributed by atoms with E-state index in [9.17, 15) is 40.5 Å². The number of benzene rings is 2. The quantitative estimate of drug-likeness (QED) is 0.279. The third kappa shape index (κ3) is 3.72. The molecule has 11 nitrogen and oxygen atoms in total. The number of aliphatic hydroxyl groups excluding tert-OH is 4. The molecule has 32 heavy (non-hydrogen) atoms. The molecule has 1 saturated heterocycles. The highest BCUT2D eigenvalue weighted by atomic mass is 16.7. The number of phenolic OH excluding ortho intramolecular Hbond substituents is 2. The van der Waals surface area contributed by atoms with Crippen molar-refractivity contribution in [3.63, 3.8) is 0 Å². The third-order valence-corrected chi connectivity index (χ3v) is 5.16. The van der Waals surface area contributed by atoms with Gasteiger partial charge in [0.25, 0.3) is 0 Å². The predicted octanol–water partition coefficient (Wildman–Crippen LogP) is -0.245. The molecule has 11 heteroatoms. The van der Waals surface area contributed by atoms with Gasteiger partial charge in [0.15, 0.2) is 17.3 Å². The molecule has 0 aliphatic carbocycles. The van der Waals surface area contributed by atoms with Gasteiger partial charge in [0.2, 0.25) is 17.5 Å². The Labute approximate surface area is 179 Å². The molecule has 0 amide bonds. The molecule has 170 valence electrons. The highest BCUT2D eigenvalue weighted by Gasteiger charge is 2.44. The van der Waals surface area contributed by atoms with Gasteiger partial charge in [-0.15, -0.1) is 0 Å². The maximum atomic E-state index is 12.4. The first-order valence-electron chi connectivity index (χ1n) is 9.50. The summed E-state index contributed by atoms with van der Waals surface area (Å²) in [5, 5.41) is 69.3. The van der Waals surface area contributed by atoms with E-state index in [0.29, 0.717) is 0 Å². The van der Waals surface area contributed by atoms with E-state index in [1.807, 2.05) is 0 Å². The molecule has 4 rings (SSSR count). The normalized spacial score (nSPS) is 25.7. The van der Waals surface area contributed by atoms with E-state index < -0.39 is 54.2 Å². The van der Waals surface area contributed by atoms with Crippen molar-refractivity contribution in [1.29, 1.82) is 0 Å². The first-order valence-corrected chi connectivity index (χ1v) is 9.50. The van der Waals surface area contributed by atoms with E-state index >= 15 is 0 Å². The van der Waals surface area contributed by atoms with Crippen LogP contribution in [0.15, 0.2) is 45.6 Å². The Bertz CT molecular complexity index is 1200. The van der Waals surface area contributed by atoms with Crippen molar-refractivity contribution in [2.75, 3.05) is 6.61 Å². The van der Waals surface area contributed by atoms with E-state index in [0.717, 1.165) is 6.07 Å². The summed E-state index contributed by atoms with van der Waals surface area (Å²) in [4.78, 5) is 12.4. The van der Waals surface area contributed by atoms with Gasteiger partial charge in [0, 0.05) is 11.6 Å². The number of aliphatic hydroxyl groups is 4. The zero-order chi connectivity index (χ0) is 23.2. The summed E-state index contributed by atoms with van der Waals surface area (Å²) in [7, 11) is 0. The second kappa shape index (κ2) is 8.30. The topological polar surface area (TPSA) is 190 Å². The Morgan fingerprint density at radius 1 is 0.938 bits per heavy atom. The molecular weight excluding hydrogens is 428 g/mol. The van der Waals surface area contributed by atoms with Crippen LogP contribution in [0.4, 0.5) is 0 Å². The van der Waals surface area contributed by atoms with Gasteiger partial charge in [0.1, 0.15) is 35.7 Å². The number of ether oxygens (including phenoxy) is 2. The van der Waals surface area contributed by atoms with Crippen LogP contribution in [0.1, 0.15) is 0 Å². The average molecular weight is 448 g/mol. The molecule has 2 aromatic carbocycles. The minimum atomic E-state index is -1.68. The van der Waals surface area contributed by atoms with Crippen LogP contribution >= 0.6 is 0 Å². The molecule has 7 N–H and O–H groups in total. The summed E-state index contributed by atoms with van der Waals surface area (Å²) in [5.74, 6) is -1.80. The second-order valence-electron chi connectivity index (χ2n) is 7.29. The van der Waals surface area contributed by atoms with Crippen LogP contribution in [0.2, 0.25) is 0 Å². The first-order chi connectivity index (χ1) is 15.2. The Morgan fingerprint density at radius 2 is 1.69 bits per heavy atom. The summed E-state index contributed by atoms with van der Waals surface area (Å²) in [5.41, 5.74) is -0.616. The minimum Gasteiger partial charge on any atom is -0.508 e. The van der Waals surface area contributed by atoms with Gasteiger partial charge in [-0.05, 0) is 30.3 Å². The Kier molecular flexibility index (Phi) is 5.67. The number of fused-ring (bicyclic) bond motifs is 1. The van der Waals surface area contributed by atoms with Gasteiger partial charge in [0.05, 0.1) is 12.0 Å². The van der Waals surface area contributed by atoms with Crippen LogP contribution < -0.4 is 10.2 Å². The van der Waals surface area contributed by atoms with Gasteiger partial charge in [-0.1, -0.05) is 0 Å². The predicted molar refractivity (Wildman–Crippen MR) is 107 cm³/mol. The molecule has 1 aromatic heterocycles. The molecule has 0 spiro atoms. The van der Waals surface area contributed by atoms with Crippen molar-refractivity contribution in [1.82, 2.24) is 0 Å². The lowest BCUT2D eigenvalue weighted by molar-refractivity contribution is -0.277. The van der Waals surface area contributed by atoms with Gasteiger partial charge in [-0.2, -0.15) is 0 Å². The van der Waals surface area contributed by atoms with Gasteiger partial charge >= 0.3 is 0 Å². The number of aromatic hydroxyl groups is 3. The van der Waals surface area contributed by atoms with E-state index in [2.05, 4.69) is 0 Å². The number of phenols is 2.